The fourth-order valence-electron chi connectivity index (χ4n) is 3.16. The quantitative estimate of drug-likeness (QED) is 0.492. The highest BCUT2D eigenvalue weighted by Crippen LogP contribution is 2.05. The molecule has 1 aromatic rings. The second-order valence-corrected chi connectivity index (χ2v) is 6.97. The van der Waals surface area contributed by atoms with E-state index in [-0.39, 0.29) is 12.5 Å². The number of nitrogens with zero attached hydrogens (tertiary/aromatic N) is 3. The number of hydrogen-bond acceptors (Lipinski definition) is 4. The van der Waals surface area contributed by atoms with Crippen LogP contribution < -0.4 is 10.6 Å². The lowest BCUT2D eigenvalue weighted by Gasteiger charge is -2.32. The van der Waals surface area contributed by atoms with Gasteiger partial charge in [-0.3, -0.25) is 9.69 Å². The molecule has 156 valence electrons. The topological polar surface area (TPSA) is 69.2 Å². The Labute approximate surface area is 169 Å². The number of carbonyl (C=O) groups is 1. The summed E-state index contributed by atoms with van der Waals surface area (Å²) in [6.45, 7) is 12.7. The molecule has 0 saturated carbocycles. The Hall–Kier alpha value is -2.12. The van der Waals surface area contributed by atoms with Crippen molar-refractivity contribution in [3.8, 4) is 0 Å². The monoisotopic (exact) mass is 389 g/mol. The standard InChI is InChI=1S/C21H35N5O2/c1-4-22-21(23-15-18(3)26-11-13-28-14-12-26)24-16-20(27)25(5-2)17-19-9-7-6-8-10-19/h6-10,18H,4-5,11-17H2,1-3H3,(H2,22,23,24). The molecule has 28 heavy (non-hydrogen) atoms. The minimum Gasteiger partial charge on any atom is -0.379 e. The van der Waals surface area contributed by atoms with Crippen molar-refractivity contribution in [2.45, 2.75) is 33.4 Å². The van der Waals surface area contributed by atoms with Gasteiger partial charge >= 0.3 is 0 Å². The third-order valence-electron chi connectivity index (χ3n) is 4.90. The summed E-state index contributed by atoms with van der Waals surface area (Å²) in [4.78, 5) is 21.4. The summed E-state index contributed by atoms with van der Waals surface area (Å²) >= 11 is 0. The van der Waals surface area contributed by atoms with E-state index in [1.165, 1.54) is 0 Å². The Morgan fingerprint density at radius 3 is 2.57 bits per heavy atom. The second-order valence-electron chi connectivity index (χ2n) is 6.97. The Balaban J connectivity index is 1.86. The van der Waals surface area contributed by atoms with Crippen LogP contribution in [0.1, 0.15) is 26.3 Å². The van der Waals surface area contributed by atoms with Crippen LogP contribution in [0.5, 0.6) is 0 Å². The summed E-state index contributed by atoms with van der Waals surface area (Å²) in [5, 5.41) is 6.59. The van der Waals surface area contributed by atoms with Crippen LogP contribution in [0, 0.1) is 0 Å². The van der Waals surface area contributed by atoms with Gasteiger partial charge in [0.05, 0.1) is 13.2 Å². The van der Waals surface area contributed by atoms with E-state index in [1.807, 2.05) is 49.1 Å². The van der Waals surface area contributed by atoms with Crippen LogP contribution in [-0.2, 0) is 16.1 Å². The summed E-state index contributed by atoms with van der Waals surface area (Å²) < 4.78 is 5.41. The number of hydrogen-bond donors (Lipinski definition) is 2. The third kappa shape index (κ3) is 7.48. The molecule has 1 aliphatic rings. The molecule has 1 unspecified atom stereocenters. The molecular weight excluding hydrogens is 354 g/mol. The van der Waals surface area contributed by atoms with Gasteiger partial charge in [0.15, 0.2) is 5.96 Å². The van der Waals surface area contributed by atoms with Crippen LogP contribution in [0.4, 0.5) is 0 Å². The molecule has 1 fully saturated rings. The number of rotatable bonds is 9. The summed E-state index contributed by atoms with van der Waals surface area (Å²) in [6, 6.07) is 10.4. The highest BCUT2D eigenvalue weighted by Gasteiger charge is 2.17. The molecule has 0 aromatic heterocycles. The van der Waals surface area contributed by atoms with Crippen LogP contribution in [0.2, 0.25) is 0 Å². The maximum absolute atomic E-state index is 12.6. The molecule has 0 spiro atoms. The van der Waals surface area contributed by atoms with Crippen molar-refractivity contribution in [1.82, 2.24) is 20.4 Å². The minimum atomic E-state index is 0.0322. The van der Waals surface area contributed by atoms with Gasteiger partial charge in [-0.15, -0.1) is 0 Å². The first-order chi connectivity index (χ1) is 13.6. The van der Waals surface area contributed by atoms with E-state index in [1.54, 1.807) is 0 Å². The smallest absolute Gasteiger partial charge is 0.244 e. The largest absolute Gasteiger partial charge is 0.379 e. The second kappa shape index (κ2) is 12.4. The fourth-order valence-corrected chi connectivity index (χ4v) is 3.16. The van der Waals surface area contributed by atoms with Crippen molar-refractivity contribution >= 4 is 11.9 Å². The minimum absolute atomic E-state index is 0.0322. The fraction of sp³-hybridized carbons (Fsp3) is 0.619. The number of likely N-dealkylation sites (N-methyl/N-ethyl adjacent to an activating group) is 1. The average molecular weight is 390 g/mol. The first kappa shape index (κ1) is 22.2. The molecule has 2 rings (SSSR count). The average Bonchev–Trinajstić information content (AvgIpc) is 2.74. The number of ether oxygens (including phenoxy) is 1. The van der Waals surface area contributed by atoms with Crippen molar-refractivity contribution in [3.63, 3.8) is 0 Å². The van der Waals surface area contributed by atoms with Gasteiger partial charge in [-0.1, -0.05) is 30.3 Å². The maximum Gasteiger partial charge on any atom is 0.244 e. The lowest BCUT2D eigenvalue weighted by molar-refractivity contribution is -0.130. The van der Waals surface area contributed by atoms with E-state index in [0.717, 1.165) is 45.0 Å². The Morgan fingerprint density at radius 1 is 1.21 bits per heavy atom. The molecule has 7 heteroatoms. The molecule has 2 N–H and O–H groups in total. The van der Waals surface area contributed by atoms with Crippen molar-refractivity contribution in [1.29, 1.82) is 0 Å². The van der Waals surface area contributed by atoms with Gasteiger partial charge in [0.1, 0.15) is 6.54 Å². The van der Waals surface area contributed by atoms with Crippen molar-refractivity contribution in [3.05, 3.63) is 35.9 Å². The molecule has 1 heterocycles. The van der Waals surface area contributed by atoms with Gasteiger partial charge in [0.25, 0.3) is 0 Å². The normalized spacial score (nSPS) is 16.5. The summed E-state index contributed by atoms with van der Waals surface area (Å²) in [6.07, 6.45) is 0. The zero-order chi connectivity index (χ0) is 20.2. The number of morpholine rings is 1. The number of guanidine groups is 1. The zero-order valence-electron chi connectivity index (χ0n) is 17.5. The van der Waals surface area contributed by atoms with Crippen molar-refractivity contribution in [2.24, 2.45) is 4.99 Å². The number of carbonyl (C=O) groups excluding carboxylic acids is 1. The van der Waals surface area contributed by atoms with E-state index in [9.17, 15) is 4.79 Å². The van der Waals surface area contributed by atoms with Crippen LogP contribution in [-0.4, -0.2) is 80.2 Å². The number of amides is 1. The molecule has 1 saturated heterocycles. The maximum atomic E-state index is 12.6. The Bertz CT molecular complexity index is 602. The van der Waals surface area contributed by atoms with Gasteiger partial charge in [0, 0.05) is 45.3 Å². The lowest BCUT2D eigenvalue weighted by Crippen LogP contribution is -2.49. The molecule has 0 bridgehead atoms. The Kier molecular flexibility index (Phi) is 9.79. The zero-order valence-corrected chi connectivity index (χ0v) is 17.5. The van der Waals surface area contributed by atoms with Crippen LogP contribution in [0.15, 0.2) is 35.3 Å². The first-order valence-corrected chi connectivity index (χ1v) is 10.3. The number of nitrogens with one attached hydrogen (secondary N) is 2. The van der Waals surface area contributed by atoms with Crippen LogP contribution in [0.25, 0.3) is 0 Å². The van der Waals surface area contributed by atoms with E-state index in [2.05, 4.69) is 27.4 Å². The SMILES string of the molecule is CCNC(=NCC(=O)N(CC)Cc1ccccc1)NCC(C)N1CCOCC1. The Morgan fingerprint density at radius 2 is 1.93 bits per heavy atom. The summed E-state index contributed by atoms with van der Waals surface area (Å²) in [5.74, 6) is 0.719. The van der Waals surface area contributed by atoms with Gasteiger partial charge in [-0.25, -0.2) is 4.99 Å². The molecule has 1 aromatic carbocycles. The van der Waals surface area contributed by atoms with Gasteiger partial charge in [0.2, 0.25) is 5.91 Å². The van der Waals surface area contributed by atoms with Crippen LogP contribution >= 0.6 is 0 Å². The molecule has 1 amide bonds. The lowest BCUT2D eigenvalue weighted by atomic mass is 10.2. The molecule has 1 atom stereocenters. The highest BCUT2D eigenvalue weighted by atomic mass is 16.5. The molecule has 7 nitrogen and oxygen atoms in total. The predicted molar refractivity (Wildman–Crippen MR) is 113 cm³/mol. The van der Waals surface area contributed by atoms with Gasteiger partial charge in [-0.2, -0.15) is 0 Å². The summed E-state index contributed by atoms with van der Waals surface area (Å²) in [5.41, 5.74) is 1.13. The van der Waals surface area contributed by atoms with Crippen molar-refractivity contribution in [2.75, 3.05) is 52.5 Å². The van der Waals surface area contributed by atoms with Crippen LogP contribution in [0.3, 0.4) is 0 Å². The molecule has 0 aliphatic carbocycles. The van der Waals surface area contributed by atoms with E-state index >= 15 is 0 Å². The first-order valence-electron chi connectivity index (χ1n) is 10.3. The number of benzene rings is 1. The van der Waals surface area contributed by atoms with E-state index in [0.29, 0.717) is 25.1 Å². The van der Waals surface area contributed by atoms with Gasteiger partial charge < -0.3 is 20.3 Å². The van der Waals surface area contributed by atoms with E-state index in [4.69, 9.17) is 4.74 Å². The molecular formula is C21H35N5O2. The summed E-state index contributed by atoms with van der Waals surface area (Å²) in [7, 11) is 0. The molecule has 1 aliphatic heterocycles. The predicted octanol–water partition coefficient (Wildman–Crippen LogP) is 1.31. The number of aliphatic imine (C=N–C) groups is 1. The third-order valence-corrected chi connectivity index (χ3v) is 4.90. The van der Waals surface area contributed by atoms with E-state index < -0.39 is 0 Å². The van der Waals surface area contributed by atoms with Gasteiger partial charge in [-0.05, 0) is 26.3 Å². The van der Waals surface area contributed by atoms with Crippen molar-refractivity contribution < 1.29 is 9.53 Å². The molecule has 0 radical (unpaired) electrons. The highest BCUT2D eigenvalue weighted by molar-refractivity contribution is 5.85.